The van der Waals surface area contributed by atoms with Crippen molar-refractivity contribution in [2.45, 2.75) is 26.3 Å². The second-order valence-corrected chi connectivity index (χ2v) is 6.78. The van der Waals surface area contributed by atoms with Gasteiger partial charge in [0, 0.05) is 13.0 Å². The van der Waals surface area contributed by atoms with Crippen LogP contribution in [0.25, 0.3) is 0 Å². The van der Waals surface area contributed by atoms with Crippen molar-refractivity contribution < 1.29 is 18.3 Å². The van der Waals surface area contributed by atoms with E-state index in [-0.39, 0.29) is 24.3 Å². The van der Waals surface area contributed by atoms with E-state index in [9.17, 15) is 18.3 Å². The average molecular weight is 273 g/mol. The highest BCUT2D eigenvalue weighted by atomic mass is 32.2. The zero-order valence-electron chi connectivity index (χ0n) is 10.0. The van der Waals surface area contributed by atoms with Crippen LogP contribution in [0.15, 0.2) is 6.33 Å². The molecule has 0 saturated carbocycles. The van der Waals surface area contributed by atoms with Crippen molar-refractivity contribution in [1.29, 1.82) is 0 Å². The maximum Gasteiger partial charge on any atom is 0.311 e. The number of aromatic nitrogens is 3. The number of aliphatic carboxylic acids is 1. The lowest BCUT2D eigenvalue weighted by Gasteiger charge is -2.21. The minimum Gasteiger partial charge on any atom is -0.481 e. The lowest BCUT2D eigenvalue weighted by atomic mass is 9.84. The minimum absolute atomic E-state index is 0.0699. The van der Waals surface area contributed by atoms with Crippen LogP contribution in [0.1, 0.15) is 19.2 Å². The normalized spacial score (nSPS) is 26.3. The molecule has 0 bridgehead atoms. The molecule has 18 heavy (non-hydrogen) atoms. The van der Waals surface area contributed by atoms with Gasteiger partial charge in [0.25, 0.3) is 0 Å². The summed E-state index contributed by atoms with van der Waals surface area (Å²) in [6.07, 6.45) is 1.61. The average Bonchev–Trinajstić information content (AvgIpc) is 2.84. The highest BCUT2D eigenvalue weighted by Gasteiger charge is 2.49. The number of rotatable bonds is 4. The van der Waals surface area contributed by atoms with Gasteiger partial charge in [-0.25, -0.2) is 13.4 Å². The smallest absolute Gasteiger partial charge is 0.311 e. The molecule has 1 aliphatic heterocycles. The number of carboxylic acids is 1. The SMILES string of the molecule is CCn1ncnc1CC1(C(=O)O)CCS(=O)(=O)C1. The maximum atomic E-state index is 11.5. The fraction of sp³-hybridized carbons (Fsp3) is 0.700. The van der Waals surface area contributed by atoms with E-state index < -0.39 is 21.2 Å². The summed E-state index contributed by atoms with van der Waals surface area (Å²) < 4.78 is 24.6. The highest BCUT2D eigenvalue weighted by molar-refractivity contribution is 7.91. The molecule has 0 amide bonds. The van der Waals surface area contributed by atoms with Crippen molar-refractivity contribution in [2.24, 2.45) is 5.41 Å². The lowest BCUT2D eigenvalue weighted by molar-refractivity contribution is -0.147. The molecule has 1 fully saturated rings. The van der Waals surface area contributed by atoms with Crippen molar-refractivity contribution >= 4 is 15.8 Å². The molecule has 2 heterocycles. The summed E-state index contributed by atoms with van der Waals surface area (Å²) in [5.74, 6) is -0.933. The second-order valence-electron chi connectivity index (χ2n) is 4.60. The van der Waals surface area contributed by atoms with Crippen molar-refractivity contribution in [2.75, 3.05) is 11.5 Å². The maximum absolute atomic E-state index is 11.5. The number of aryl methyl sites for hydroxylation is 1. The molecule has 100 valence electrons. The number of hydrogen-bond acceptors (Lipinski definition) is 5. The van der Waals surface area contributed by atoms with E-state index in [1.165, 1.54) is 6.33 Å². The molecule has 1 aromatic rings. The zero-order chi connectivity index (χ0) is 13.4. The Morgan fingerprint density at radius 3 is 2.83 bits per heavy atom. The van der Waals surface area contributed by atoms with Gasteiger partial charge in [-0.05, 0) is 13.3 Å². The van der Waals surface area contributed by atoms with Gasteiger partial charge >= 0.3 is 5.97 Å². The lowest BCUT2D eigenvalue weighted by Crippen LogP contribution is -2.35. The summed E-state index contributed by atoms with van der Waals surface area (Å²) in [7, 11) is -3.26. The monoisotopic (exact) mass is 273 g/mol. The first-order chi connectivity index (χ1) is 8.38. The first-order valence-electron chi connectivity index (χ1n) is 5.69. The standard InChI is InChI=1S/C10H15N3O4S/c1-2-13-8(11-7-12-13)5-10(9(14)15)3-4-18(16,17)6-10/h7H,2-6H2,1H3,(H,14,15). The molecular formula is C10H15N3O4S. The van der Waals surface area contributed by atoms with Gasteiger partial charge in [0.15, 0.2) is 9.84 Å². The third kappa shape index (κ3) is 2.24. The van der Waals surface area contributed by atoms with E-state index in [0.29, 0.717) is 12.4 Å². The van der Waals surface area contributed by atoms with Crippen LogP contribution in [-0.2, 0) is 27.6 Å². The molecule has 0 aliphatic carbocycles. The van der Waals surface area contributed by atoms with Crippen LogP contribution in [0.5, 0.6) is 0 Å². The van der Waals surface area contributed by atoms with Crippen LogP contribution < -0.4 is 0 Å². The van der Waals surface area contributed by atoms with Gasteiger partial charge in [0.2, 0.25) is 0 Å². The van der Waals surface area contributed by atoms with Crippen molar-refractivity contribution in [3.8, 4) is 0 Å². The summed E-state index contributed by atoms with van der Waals surface area (Å²) in [5, 5.41) is 13.3. The first kappa shape index (κ1) is 13.0. The van der Waals surface area contributed by atoms with E-state index in [1.54, 1.807) is 4.68 Å². The Hall–Kier alpha value is -1.44. The van der Waals surface area contributed by atoms with Crippen LogP contribution in [0.3, 0.4) is 0 Å². The Morgan fingerprint density at radius 1 is 1.61 bits per heavy atom. The molecule has 7 nitrogen and oxygen atoms in total. The topological polar surface area (TPSA) is 102 Å². The molecule has 2 rings (SSSR count). The summed E-state index contributed by atoms with van der Waals surface area (Å²) >= 11 is 0. The second kappa shape index (κ2) is 4.34. The van der Waals surface area contributed by atoms with Crippen molar-refractivity contribution in [3.05, 3.63) is 12.2 Å². The van der Waals surface area contributed by atoms with E-state index in [0.717, 1.165) is 0 Å². The number of hydrogen-bond donors (Lipinski definition) is 1. The molecule has 1 aliphatic rings. The Bertz CT molecular complexity index is 565. The predicted octanol–water partition coefficient (Wildman–Crippen LogP) is -0.270. The summed E-state index contributed by atoms with van der Waals surface area (Å²) in [4.78, 5) is 15.4. The molecule has 1 saturated heterocycles. The fourth-order valence-corrected chi connectivity index (χ4v) is 4.35. The Labute approximate surface area is 105 Å². The molecule has 1 unspecified atom stereocenters. The van der Waals surface area contributed by atoms with Gasteiger partial charge in [-0.15, -0.1) is 0 Å². The van der Waals surface area contributed by atoms with Crippen molar-refractivity contribution in [3.63, 3.8) is 0 Å². The minimum atomic E-state index is -3.26. The Morgan fingerprint density at radius 2 is 2.33 bits per heavy atom. The van der Waals surface area contributed by atoms with E-state index in [4.69, 9.17) is 0 Å². The molecule has 1 aromatic heterocycles. The van der Waals surface area contributed by atoms with Gasteiger partial charge in [-0.3, -0.25) is 9.48 Å². The van der Waals surface area contributed by atoms with E-state index >= 15 is 0 Å². The van der Waals surface area contributed by atoms with Crippen molar-refractivity contribution in [1.82, 2.24) is 14.8 Å². The summed E-state index contributed by atoms with van der Waals surface area (Å²) in [6.45, 7) is 2.45. The van der Waals surface area contributed by atoms with E-state index in [2.05, 4.69) is 10.1 Å². The highest BCUT2D eigenvalue weighted by Crippen LogP contribution is 2.35. The van der Waals surface area contributed by atoms with Crippen LogP contribution >= 0.6 is 0 Å². The molecular weight excluding hydrogens is 258 g/mol. The fourth-order valence-electron chi connectivity index (χ4n) is 2.29. The largest absolute Gasteiger partial charge is 0.481 e. The van der Waals surface area contributed by atoms with Crippen LogP contribution in [0, 0.1) is 5.41 Å². The quantitative estimate of drug-likeness (QED) is 0.810. The Kier molecular flexibility index (Phi) is 3.14. The molecule has 0 aromatic carbocycles. The van der Waals surface area contributed by atoms with Gasteiger partial charge < -0.3 is 5.11 Å². The third-order valence-electron chi connectivity index (χ3n) is 3.33. The molecule has 0 spiro atoms. The zero-order valence-corrected chi connectivity index (χ0v) is 10.9. The molecule has 1 atom stereocenters. The third-order valence-corrected chi connectivity index (χ3v) is 5.15. The number of nitrogens with zero attached hydrogens (tertiary/aromatic N) is 3. The van der Waals surface area contributed by atoms with Gasteiger partial charge in [-0.2, -0.15) is 5.10 Å². The Balaban J connectivity index is 2.31. The number of carboxylic acid groups (broad SMARTS) is 1. The number of carbonyl (C=O) groups is 1. The molecule has 8 heteroatoms. The van der Waals surface area contributed by atoms with Gasteiger partial charge in [0.05, 0.1) is 16.9 Å². The number of sulfone groups is 1. The predicted molar refractivity (Wildman–Crippen MR) is 62.7 cm³/mol. The van der Waals surface area contributed by atoms with Crippen LogP contribution in [0.4, 0.5) is 0 Å². The molecule has 0 radical (unpaired) electrons. The van der Waals surface area contributed by atoms with Gasteiger partial charge in [0.1, 0.15) is 12.2 Å². The van der Waals surface area contributed by atoms with Crippen LogP contribution in [0.2, 0.25) is 0 Å². The van der Waals surface area contributed by atoms with Crippen LogP contribution in [-0.4, -0.2) is 45.8 Å². The summed E-state index contributed by atoms with van der Waals surface area (Å²) in [6, 6.07) is 0. The van der Waals surface area contributed by atoms with E-state index in [1.807, 2.05) is 6.92 Å². The summed E-state index contributed by atoms with van der Waals surface area (Å²) in [5.41, 5.74) is -1.25. The van der Waals surface area contributed by atoms with Gasteiger partial charge in [-0.1, -0.05) is 0 Å². The molecule has 1 N–H and O–H groups in total. The first-order valence-corrected chi connectivity index (χ1v) is 7.51.